The molecule has 0 bridgehead atoms. The highest BCUT2D eigenvalue weighted by atomic mass is 15.1. The quantitative estimate of drug-likeness (QED) is 0.161. The lowest BCUT2D eigenvalue weighted by atomic mass is 9.97. The standard InChI is InChI=1S/C55H35N3/c1-3-15-36(16-4-1)38-19-13-21-40(29-38)42-31-49(41-22-14-20-39(30-41)37-17-5-2-6-18-37)56-55(34-42)58-51-28-12-10-26-47(51)48-35-52-43(33-54(48)58)32-53-46-25-8-7-23-44(46)45-24-9-11-27-50(45)57(52)53/h1-35H. The highest BCUT2D eigenvalue weighted by Crippen LogP contribution is 2.40. The van der Waals surface area contributed by atoms with Crippen LogP contribution in [-0.2, 0) is 0 Å². The Morgan fingerprint density at radius 3 is 1.47 bits per heavy atom. The van der Waals surface area contributed by atoms with Crippen LogP contribution >= 0.6 is 0 Å². The van der Waals surface area contributed by atoms with E-state index >= 15 is 0 Å². The minimum Gasteiger partial charge on any atom is -0.309 e. The first kappa shape index (κ1) is 32.5. The van der Waals surface area contributed by atoms with Crippen LogP contribution in [0.2, 0.25) is 0 Å². The van der Waals surface area contributed by atoms with E-state index in [2.05, 4.69) is 221 Å². The van der Waals surface area contributed by atoms with E-state index in [4.69, 9.17) is 4.98 Å². The Labute approximate surface area is 335 Å². The maximum atomic E-state index is 5.55. The van der Waals surface area contributed by atoms with Gasteiger partial charge in [-0.05, 0) is 93.4 Å². The molecule has 0 aliphatic carbocycles. The van der Waals surface area contributed by atoms with E-state index in [0.717, 1.165) is 44.8 Å². The fourth-order valence-corrected chi connectivity index (χ4v) is 9.16. The Bertz CT molecular complexity index is 3460. The van der Waals surface area contributed by atoms with Crippen LogP contribution in [0.1, 0.15) is 0 Å². The van der Waals surface area contributed by atoms with Gasteiger partial charge in [-0.15, -0.1) is 0 Å². The normalized spacial score (nSPS) is 11.8. The molecule has 8 aromatic carbocycles. The van der Waals surface area contributed by atoms with E-state index in [1.807, 2.05) is 0 Å². The molecule has 0 spiro atoms. The van der Waals surface area contributed by atoms with Crippen molar-refractivity contribution in [3.05, 3.63) is 212 Å². The van der Waals surface area contributed by atoms with Crippen molar-refractivity contribution in [1.82, 2.24) is 14.0 Å². The predicted octanol–water partition coefficient (Wildman–Crippen LogP) is 14.6. The number of benzene rings is 8. The summed E-state index contributed by atoms with van der Waals surface area (Å²) in [6.45, 7) is 0. The first-order valence-corrected chi connectivity index (χ1v) is 19.9. The molecular formula is C55H35N3. The van der Waals surface area contributed by atoms with Gasteiger partial charge in [-0.2, -0.15) is 0 Å². The van der Waals surface area contributed by atoms with Crippen LogP contribution in [0, 0.1) is 0 Å². The Morgan fingerprint density at radius 2 is 0.776 bits per heavy atom. The van der Waals surface area contributed by atoms with Crippen LogP contribution in [-0.4, -0.2) is 14.0 Å². The second kappa shape index (κ2) is 12.9. The number of fused-ring (bicyclic) bond motifs is 11. The molecule has 4 aromatic heterocycles. The topological polar surface area (TPSA) is 22.2 Å². The summed E-state index contributed by atoms with van der Waals surface area (Å²) in [5, 5.41) is 7.38. The van der Waals surface area contributed by atoms with Crippen LogP contribution in [0.15, 0.2) is 212 Å². The lowest BCUT2D eigenvalue weighted by Crippen LogP contribution is -2.00. The van der Waals surface area contributed by atoms with Crippen molar-refractivity contribution in [2.75, 3.05) is 0 Å². The summed E-state index contributed by atoms with van der Waals surface area (Å²) in [4.78, 5) is 5.55. The molecule has 4 heterocycles. The molecule has 0 amide bonds. The molecule has 0 radical (unpaired) electrons. The molecule has 12 aromatic rings. The molecule has 0 aliphatic heterocycles. The van der Waals surface area contributed by atoms with Crippen LogP contribution < -0.4 is 0 Å². The van der Waals surface area contributed by atoms with Gasteiger partial charge in [0.1, 0.15) is 5.82 Å². The highest BCUT2D eigenvalue weighted by Gasteiger charge is 2.19. The Hall–Kier alpha value is -7.75. The zero-order valence-electron chi connectivity index (χ0n) is 31.5. The lowest BCUT2D eigenvalue weighted by Gasteiger charge is -2.14. The molecular weight excluding hydrogens is 703 g/mol. The van der Waals surface area contributed by atoms with Gasteiger partial charge in [0.2, 0.25) is 0 Å². The summed E-state index contributed by atoms with van der Waals surface area (Å²) in [6.07, 6.45) is 0. The number of para-hydroxylation sites is 2. The van der Waals surface area contributed by atoms with Crippen LogP contribution in [0.5, 0.6) is 0 Å². The van der Waals surface area contributed by atoms with Gasteiger partial charge in [0.25, 0.3) is 0 Å². The minimum absolute atomic E-state index is 0.882. The Morgan fingerprint density at radius 1 is 0.276 bits per heavy atom. The van der Waals surface area contributed by atoms with Crippen LogP contribution in [0.25, 0.3) is 110 Å². The number of nitrogens with zero attached hydrogens (tertiary/aromatic N) is 3. The molecule has 0 fully saturated rings. The zero-order valence-corrected chi connectivity index (χ0v) is 31.5. The van der Waals surface area contributed by atoms with Gasteiger partial charge in [-0.25, -0.2) is 4.98 Å². The third-order valence-electron chi connectivity index (χ3n) is 11.8. The molecule has 0 unspecified atom stereocenters. The first-order chi connectivity index (χ1) is 28.7. The van der Waals surface area contributed by atoms with E-state index < -0.39 is 0 Å². The lowest BCUT2D eigenvalue weighted by molar-refractivity contribution is 1.09. The average Bonchev–Trinajstić information content (AvgIpc) is 3.84. The average molecular weight is 738 g/mol. The summed E-state index contributed by atoms with van der Waals surface area (Å²) in [5.41, 5.74) is 14.9. The van der Waals surface area contributed by atoms with Crippen molar-refractivity contribution in [3.8, 4) is 50.5 Å². The number of pyridine rings is 2. The molecule has 0 saturated heterocycles. The van der Waals surface area contributed by atoms with Gasteiger partial charge >= 0.3 is 0 Å². The van der Waals surface area contributed by atoms with Crippen molar-refractivity contribution in [3.63, 3.8) is 0 Å². The maximum Gasteiger partial charge on any atom is 0.138 e. The second-order valence-corrected chi connectivity index (χ2v) is 15.2. The maximum absolute atomic E-state index is 5.55. The van der Waals surface area contributed by atoms with Crippen LogP contribution in [0.3, 0.4) is 0 Å². The summed E-state index contributed by atoms with van der Waals surface area (Å²) >= 11 is 0. The van der Waals surface area contributed by atoms with E-state index in [1.165, 1.54) is 65.6 Å². The molecule has 12 rings (SSSR count). The van der Waals surface area contributed by atoms with Gasteiger partial charge in [0, 0.05) is 32.5 Å². The van der Waals surface area contributed by atoms with Gasteiger partial charge in [-0.3, -0.25) is 4.57 Å². The fourth-order valence-electron chi connectivity index (χ4n) is 9.16. The molecule has 58 heavy (non-hydrogen) atoms. The van der Waals surface area contributed by atoms with Gasteiger partial charge in [0.15, 0.2) is 0 Å². The molecule has 0 N–H and O–H groups in total. The first-order valence-electron chi connectivity index (χ1n) is 19.9. The minimum atomic E-state index is 0.882. The SMILES string of the molecule is c1ccc(-c2cccc(-c3cc(-c4cccc(-c5ccccc5)c4)nc(-n4c5ccccc5c5cc6c(cc54)cc4c5ccccc5c5ccccc5n64)c3)c2)cc1. The third kappa shape index (κ3) is 5.11. The zero-order chi connectivity index (χ0) is 38.2. The van der Waals surface area contributed by atoms with Gasteiger partial charge in [-0.1, -0.05) is 158 Å². The molecule has 0 saturated carbocycles. The second-order valence-electron chi connectivity index (χ2n) is 15.2. The van der Waals surface area contributed by atoms with E-state index in [0.29, 0.717) is 0 Å². The van der Waals surface area contributed by atoms with Crippen molar-refractivity contribution in [2.45, 2.75) is 0 Å². The molecule has 0 atom stereocenters. The monoisotopic (exact) mass is 737 g/mol. The van der Waals surface area contributed by atoms with Gasteiger partial charge < -0.3 is 4.40 Å². The number of aromatic nitrogens is 3. The molecule has 0 aliphatic rings. The molecule has 3 nitrogen and oxygen atoms in total. The summed E-state index contributed by atoms with van der Waals surface area (Å²) < 4.78 is 4.83. The molecule has 270 valence electrons. The summed E-state index contributed by atoms with van der Waals surface area (Å²) in [5.74, 6) is 0.882. The van der Waals surface area contributed by atoms with Crippen molar-refractivity contribution in [2.24, 2.45) is 0 Å². The van der Waals surface area contributed by atoms with Gasteiger partial charge in [0.05, 0.1) is 33.3 Å². The van der Waals surface area contributed by atoms with Crippen molar-refractivity contribution >= 4 is 59.9 Å². The third-order valence-corrected chi connectivity index (χ3v) is 11.8. The largest absolute Gasteiger partial charge is 0.309 e. The smallest absolute Gasteiger partial charge is 0.138 e. The van der Waals surface area contributed by atoms with Crippen LogP contribution in [0.4, 0.5) is 0 Å². The number of rotatable bonds is 5. The Kier molecular flexibility index (Phi) is 7.23. The van der Waals surface area contributed by atoms with E-state index in [-0.39, 0.29) is 0 Å². The highest BCUT2D eigenvalue weighted by molar-refractivity contribution is 6.19. The predicted molar refractivity (Wildman–Crippen MR) is 244 cm³/mol. The fraction of sp³-hybridized carbons (Fsp3) is 0. The van der Waals surface area contributed by atoms with Crippen molar-refractivity contribution < 1.29 is 0 Å². The van der Waals surface area contributed by atoms with Crippen molar-refractivity contribution in [1.29, 1.82) is 0 Å². The number of hydrogen-bond acceptors (Lipinski definition) is 1. The summed E-state index contributed by atoms with van der Waals surface area (Å²) in [7, 11) is 0. The Balaban J connectivity index is 1.14. The van der Waals surface area contributed by atoms with E-state index in [1.54, 1.807) is 0 Å². The molecule has 3 heteroatoms. The summed E-state index contributed by atoms with van der Waals surface area (Å²) in [6, 6.07) is 76.8. The van der Waals surface area contributed by atoms with E-state index in [9.17, 15) is 0 Å². The number of hydrogen-bond donors (Lipinski definition) is 0.